The van der Waals surface area contributed by atoms with Crippen molar-refractivity contribution >= 4 is 11.0 Å². The van der Waals surface area contributed by atoms with Gasteiger partial charge in [0.1, 0.15) is 5.82 Å². The summed E-state index contributed by atoms with van der Waals surface area (Å²) in [6, 6.07) is 14.9. The summed E-state index contributed by atoms with van der Waals surface area (Å²) >= 11 is 0. The zero-order valence-electron chi connectivity index (χ0n) is 12.5. The first kappa shape index (κ1) is 12.9. The van der Waals surface area contributed by atoms with Crippen LogP contribution in [0.15, 0.2) is 42.5 Å². The first-order chi connectivity index (χ1) is 9.43. The highest BCUT2D eigenvalue weighted by molar-refractivity contribution is 5.80. The molecule has 102 valence electrons. The highest BCUT2D eigenvalue weighted by atomic mass is 14.9. The molecule has 0 radical (unpaired) electrons. The van der Waals surface area contributed by atoms with Crippen LogP contribution >= 0.6 is 0 Å². The summed E-state index contributed by atoms with van der Waals surface area (Å²) in [7, 11) is 0. The van der Waals surface area contributed by atoms with Crippen LogP contribution in [-0.2, 0) is 5.41 Å². The second kappa shape index (κ2) is 4.48. The molecule has 0 spiro atoms. The molecule has 0 fully saturated rings. The molecule has 0 bridgehead atoms. The third-order valence-corrected chi connectivity index (χ3v) is 3.64. The summed E-state index contributed by atoms with van der Waals surface area (Å²) in [5.41, 5.74) is 5.99. The molecule has 0 aliphatic carbocycles. The molecule has 3 aromatic rings. The van der Waals surface area contributed by atoms with E-state index < -0.39 is 0 Å². The number of imidazole rings is 1. The molecule has 2 heteroatoms. The van der Waals surface area contributed by atoms with Gasteiger partial charge in [-0.25, -0.2) is 4.98 Å². The van der Waals surface area contributed by atoms with Crippen molar-refractivity contribution < 1.29 is 0 Å². The summed E-state index contributed by atoms with van der Waals surface area (Å²) in [6.45, 7) is 8.79. The van der Waals surface area contributed by atoms with E-state index in [2.05, 4.69) is 75.1 Å². The monoisotopic (exact) mass is 264 g/mol. The molecule has 2 aromatic carbocycles. The molecule has 0 aliphatic heterocycles. The predicted octanol–water partition coefficient (Wildman–Crippen LogP) is 4.84. The van der Waals surface area contributed by atoms with E-state index in [1.807, 2.05) is 0 Å². The number of nitrogens with zero attached hydrogens (tertiary/aromatic N) is 1. The molecule has 3 rings (SSSR count). The third-order valence-electron chi connectivity index (χ3n) is 3.64. The Morgan fingerprint density at radius 2 is 1.80 bits per heavy atom. The smallest absolute Gasteiger partial charge is 0.138 e. The van der Waals surface area contributed by atoms with Crippen molar-refractivity contribution in [1.82, 2.24) is 9.97 Å². The van der Waals surface area contributed by atoms with E-state index in [1.165, 1.54) is 11.1 Å². The molecule has 0 saturated heterocycles. The summed E-state index contributed by atoms with van der Waals surface area (Å²) in [4.78, 5) is 8.11. The van der Waals surface area contributed by atoms with E-state index in [0.29, 0.717) is 0 Å². The van der Waals surface area contributed by atoms with Gasteiger partial charge in [0, 0.05) is 5.56 Å². The van der Waals surface area contributed by atoms with Gasteiger partial charge in [0.25, 0.3) is 0 Å². The van der Waals surface area contributed by atoms with Gasteiger partial charge in [-0.1, -0.05) is 45.0 Å². The van der Waals surface area contributed by atoms with E-state index in [0.717, 1.165) is 22.4 Å². The van der Waals surface area contributed by atoms with Crippen LogP contribution in [0, 0.1) is 6.92 Å². The topological polar surface area (TPSA) is 28.7 Å². The Kier molecular flexibility index (Phi) is 2.89. The summed E-state index contributed by atoms with van der Waals surface area (Å²) in [6.07, 6.45) is 0. The molecule has 1 aromatic heterocycles. The maximum Gasteiger partial charge on any atom is 0.138 e. The molecule has 0 unspecified atom stereocenters. The third kappa shape index (κ3) is 2.34. The molecule has 0 saturated carbocycles. The maximum absolute atomic E-state index is 4.69. The minimum Gasteiger partial charge on any atom is -0.338 e. The molecule has 0 aliphatic rings. The van der Waals surface area contributed by atoms with E-state index in [1.54, 1.807) is 0 Å². The summed E-state index contributed by atoms with van der Waals surface area (Å²) in [5.74, 6) is 0.941. The number of aromatic amines is 1. The van der Waals surface area contributed by atoms with Gasteiger partial charge in [-0.3, -0.25) is 0 Å². The Hall–Kier alpha value is -2.09. The fraction of sp³-hybridized carbons (Fsp3) is 0.278. The summed E-state index contributed by atoms with van der Waals surface area (Å²) < 4.78 is 0. The lowest BCUT2D eigenvalue weighted by Gasteiger charge is -2.19. The minimum absolute atomic E-state index is 0.151. The normalized spacial score (nSPS) is 12.0. The Labute approximate surface area is 119 Å². The molecule has 20 heavy (non-hydrogen) atoms. The number of rotatable bonds is 1. The lowest BCUT2D eigenvalue weighted by molar-refractivity contribution is 0.590. The fourth-order valence-electron chi connectivity index (χ4n) is 2.39. The highest BCUT2D eigenvalue weighted by Crippen LogP contribution is 2.27. The van der Waals surface area contributed by atoms with E-state index in [-0.39, 0.29) is 5.41 Å². The fourth-order valence-corrected chi connectivity index (χ4v) is 2.39. The molecular formula is C18H20N2. The average molecular weight is 264 g/mol. The Bertz CT molecular complexity index is 760. The quantitative estimate of drug-likeness (QED) is 0.669. The first-order valence-corrected chi connectivity index (χ1v) is 7.01. The number of hydrogen-bond acceptors (Lipinski definition) is 1. The number of fused-ring (bicyclic) bond motifs is 1. The maximum atomic E-state index is 4.69. The van der Waals surface area contributed by atoms with Crippen LogP contribution in [-0.4, -0.2) is 9.97 Å². The minimum atomic E-state index is 0.151. The van der Waals surface area contributed by atoms with E-state index in [4.69, 9.17) is 4.98 Å². The van der Waals surface area contributed by atoms with Crippen molar-refractivity contribution in [2.24, 2.45) is 0 Å². The molecule has 0 atom stereocenters. The van der Waals surface area contributed by atoms with Gasteiger partial charge in [-0.2, -0.15) is 0 Å². The SMILES string of the molecule is Cc1ccc2nc(-c3cccc(C(C)(C)C)c3)[nH]c2c1. The van der Waals surface area contributed by atoms with E-state index >= 15 is 0 Å². The van der Waals surface area contributed by atoms with Crippen LogP contribution in [0.1, 0.15) is 31.9 Å². The van der Waals surface area contributed by atoms with Crippen molar-refractivity contribution in [1.29, 1.82) is 0 Å². The molecular weight excluding hydrogens is 244 g/mol. The van der Waals surface area contributed by atoms with Crippen LogP contribution in [0.25, 0.3) is 22.4 Å². The molecule has 1 heterocycles. The lowest BCUT2D eigenvalue weighted by Crippen LogP contribution is -2.10. The van der Waals surface area contributed by atoms with Crippen molar-refractivity contribution in [2.45, 2.75) is 33.1 Å². The Morgan fingerprint density at radius 1 is 1.00 bits per heavy atom. The van der Waals surface area contributed by atoms with Crippen molar-refractivity contribution in [3.8, 4) is 11.4 Å². The number of hydrogen-bond donors (Lipinski definition) is 1. The average Bonchev–Trinajstić information content (AvgIpc) is 2.81. The molecule has 0 amide bonds. The van der Waals surface area contributed by atoms with Crippen molar-refractivity contribution in [3.63, 3.8) is 0 Å². The van der Waals surface area contributed by atoms with Crippen molar-refractivity contribution in [2.75, 3.05) is 0 Å². The molecule has 1 N–H and O–H groups in total. The van der Waals surface area contributed by atoms with Crippen LogP contribution in [0.2, 0.25) is 0 Å². The standard InChI is InChI=1S/C18H20N2/c1-12-8-9-15-16(10-12)20-17(19-15)13-6-5-7-14(11-13)18(2,3)4/h5-11H,1-4H3,(H,19,20). The number of aromatic nitrogens is 2. The zero-order chi connectivity index (χ0) is 14.3. The van der Waals surface area contributed by atoms with Gasteiger partial charge in [-0.15, -0.1) is 0 Å². The molecule has 2 nitrogen and oxygen atoms in total. The van der Waals surface area contributed by atoms with Gasteiger partial charge in [0.15, 0.2) is 0 Å². The largest absolute Gasteiger partial charge is 0.338 e. The van der Waals surface area contributed by atoms with Crippen LogP contribution < -0.4 is 0 Å². The number of benzene rings is 2. The van der Waals surface area contributed by atoms with Crippen molar-refractivity contribution in [3.05, 3.63) is 53.6 Å². The van der Waals surface area contributed by atoms with Gasteiger partial charge in [-0.05, 0) is 41.7 Å². The zero-order valence-corrected chi connectivity index (χ0v) is 12.5. The second-order valence-electron chi connectivity index (χ2n) is 6.44. The van der Waals surface area contributed by atoms with Crippen LogP contribution in [0.3, 0.4) is 0 Å². The second-order valence-corrected chi connectivity index (χ2v) is 6.44. The van der Waals surface area contributed by atoms with Gasteiger partial charge < -0.3 is 4.98 Å². The lowest BCUT2D eigenvalue weighted by atomic mass is 9.86. The Balaban J connectivity index is 2.11. The van der Waals surface area contributed by atoms with Gasteiger partial charge >= 0.3 is 0 Å². The van der Waals surface area contributed by atoms with Gasteiger partial charge in [0.05, 0.1) is 11.0 Å². The van der Waals surface area contributed by atoms with Crippen LogP contribution in [0.5, 0.6) is 0 Å². The van der Waals surface area contributed by atoms with E-state index in [9.17, 15) is 0 Å². The predicted molar refractivity (Wildman–Crippen MR) is 85.0 cm³/mol. The summed E-state index contributed by atoms with van der Waals surface area (Å²) in [5, 5.41) is 0. The number of nitrogens with one attached hydrogen (secondary N) is 1. The first-order valence-electron chi connectivity index (χ1n) is 7.01. The van der Waals surface area contributed by atoms with Crippen LogP contribution in [0.4, 0.5) is 0 Å². The highest BCUT2D eigenvalue weighted by Gasteiger charge is 2.15. The number of H-pyrrole nitrogens is 1. The number of aryl methyl sites for hydroxylation is 1. The van der Waals surface area contributed by atoms with Gasteiger partial charge in [0.2, 0.25) is 0 Å². The Morgan fingerprint density at radius 3 is 2.55 bits per heavy atom.